The summed E-state index contributed by atoms with van der Waals surface area (Å²) in [4.78, 5) is 32.0. The van der Waals surface area contributed by atoms with Gasteiger partial charge in [-0.05, 0) is 48.4 Å². The number of rotatable bonds is 5. The van der Waals surface area contributed by atoms with Gasteiger partial charge in [-0.3, -0.25) is 14.5 Å². The van der Waals surface area contributed by atoms with Gasteiger partial charge < -0.3 is 19.3 Å². The molecule has 1 saturated heterocycles. The number of carbonyl (C=O) groups is 2. The monoisotopic (exact) mass is 478 g/mol. The highest BCUT2D eigenvalue weighted by atomic mass is 32.1. The van der Waals surface area contributed by atoms with Crippen molar-refractivity contribution in [3.63, 3.8) is 0 Å². The first-order valence-electron chi connectivity index (χ1n) is 10.6. The number of hydrogen-bond acceptors (Lipinski definition) is 8. The number of methoxy groups -OCH3 is 2. The fraction of sp³-hybridized carbons (Fsp3) is 0.240. The van der Waals surface area contributed by atoms with E-state index < -0.39 is 17.7 Å². The number of aromatic nitrogens is 1. The molecule has 2 aliphatic heterocycles. The molecule has 0 bridgehead atoms. The molecular formula is C25H22N2O6S. The molecule has 2 atom stereocenters. The predicted octanol–water partition coefficient (Wildman–Crippen LogP) is 4.11. The van der Waals surface area contributed by atoms with Gasteiger partial charge in [0.05, 0.1) is 25.8 Å². The average molecular weight is 479 g/mol. The quantitative estimate of drug-likeness (QED) is 0.335. The van der Waals surface area contributed by atoms with Gasteiger partial charge in [-0.25, -0.2) is 4.98 Å². The fourth-order valence-electron chi connectivity index (χ4n) is 4.43. The maximum absolute atomic E-state index is 13.3. The summed E-state index contributed by atoms with van der Waals surface area (Å²) in [6.07, 6.45) is 2.30. The van der Waals surface area contributed by atoms with Crippen molar-refractivity contribution in [3.8, 4) is 17.2 Å². The highest BCUT2D eigenvalue weighted by Gasteiger charge is 2.48. The summed E-state index contributed by atoms with van der Waals surface area (Å²) >= 11 is 1.23. The molecule has 1 amide bonds. The fourth-order valence-corrected chi connectivity index (χ4v) is 5.09. The summed E-state index contributed by atoms with van der Waals surface area (Å²) in [5, 5.41) is 13.4. The number of benzene rings is 2. The first kappa shape index (κ1) is 22.0. The number of amides is 1. The molecule has 174 valence electrons. The number of ketones is 1. The van der Waals surface area contributed by atoms with E-state index in [1.807, 2.05) is 6.92 Å². The molecule has 0 radical (unpaired) electrons. The minimum absolute atomic E-state index is 0.0145. The van der Waals surface area contributed by atoms with E-state index in [0.717, 1.165) is 11.3 Å². The third-order valence-electron chi connectivity index (χ3n) is 5.96. The number of aliphatic hydroxyl groups is 1. The molecule has 8 nitrogen and oxygen atoms in total. The van der Waals surface area contributed by atoms with Crippen LogP contribution in [0.25, 0.3) is 5.76 Å². The van der Waals surface area contributed by atoms with Gasteiger partial charge in [0, 0.05) is 23.6 Å². The van der Waals surface area contributed by atoms with Gasteiger partial charge in [0.15, 0.2) is 16.6 Å². The molecule has 0 aliphatic carbocycles. The molecule has 1 fully saturated rings. The number of fused-ring (bicyclic) bond motifs is 1. The third kappa shape index (κ3) is 3.49. The number of nitrogens with zero attached hydrogens (tertiary/aromatic N) is 2. The standard InChI is InChI=1S/C25H22N2O6S/c1-13-10-16-11-15(5-6-17(16)33-13)22(28)20-21(14-4-7-18(31-2)19(12-14)32-3)27(24(30)23(20)29)25-26-8-9-34-25/h4-9,11-13,21,28H,10H2,1-3H3. The van der Waals surface area contributed by atoms with E-state index in [0.29, 0.717) is 34.2 Å². The van der Waals surface area contributed by atoms with Crippen molar-refractivity contribution >= 4 is 33.9 Å². The summed E-state index contributed by atoms with van der Waals surface area (Å²) in [7, 11) is 3.03. The van der Waals surface area contributed by atoms with Crippen LogP contribution < -0.4 is 19.1 Å². The lowest BCUT2D eigenvalue weighted by molar-refractivity contribution is -0.132. The number of hydrogen-bond donors (Lipinski definition) is 1. The zero-order chi connectivity index (χ0) is 24.0. The Kier molecular flexibility index (Phi) is 5.49. The molecule has 0 saturated carbocycles. The number of Topliss-reactive ketones (excluding diaryl/α,β-unsaturated/α-hetero) is 1. The molecule has 5 rings (SSSR count). The van der Waals surface area contributed by atoms with Crippen molar-refractivity contribution in [2.75, 3.05) is 19.1 Å². The highest BCUT2D eigenvalue weighted by Crippen LogP contribution is 2.45. The second-order valence-electron chi connectivity index (χ2n) is 8.05. The van der Waals surface area contributed by atoms with Crippen LogP contribution in [0, 0.1) is 0 Å². The highest BCUT2D eigenvalue weighted by molar-refractivity contribution is 7.14. The molecule has 3 heterocycles. The van der Waals surface area contributed by atoms with Crippen LogP contribution in [0.4, 0.5) is 5.13 Å². The van der Waals surface area contributed by atoms with E-state index >= 15 is 0 Å². The Bertz CT molecular complexity index is 1320. The zero-order valence-electron chi connectivity index (χ0n) is 18.8. The molecule has 2 aromatic carbocycles. The number of ether oxygens (including phenoxy) is 3. The molecule has 1 N–H and O–H groups in total. The minimum atomic E-state index is -0.894. The normalized spacial score (nSPS) is 20.9. The molecule has 0 spiro atoms. The Morgan fingerprint density at radius 3 is 2.65 bits per heavy atom. The predicted molar refractivity (Wildman–Crippen MR) is 127 cm³/mol. The van der Waals surface area contributed by atoms with Crippen molar-refractivity contribution in [1.29, 1.82) is 0 Å². The molecular weight excluding hydrogens is 456 g/mol. The first-order valence-corrected chi connectivity index (χ1v) is 11.5. The van der Waals surface area contributed by atoms with Crippen molar-refractivity contribution in [2.24, 2.45) is 0 Å². The maximum atomic E-state index is 13.3. The smallest absolute Gasteiger partial charge is 0.301 e. The largest absolute Gasteiger partial charge is 0.507 e. The Morgan fingerprint density at radius 2 is 1.94 bits per heavy atom. The van der Waals surface area contributed by atoms with Crippen LogP contribution in [-0.2, 0) is 16.0 Å². The van der Waals surface area contributed by atoms with E-state index in [-0.39, 0.29) is 17.4 Å². The molecule has 9 heteroatoms. The van der Waals surface area contributed by atoms with Gasteiger partial charge in [-0.1, -0.05) is 6.07 Å². The Balaban J connectivity index is 1.69. The van der Waals surface area contributed by atoms with Crippen LogP contribution in [0.1, 0.15) is 29.7 Å². The number of carbonyl (C=O) groups excluding carboxylic acids is 2. The van der Waals surface area contributed by atoms with Gasteiger partial charge in [0.1, 0.15) is 17.6 Å². The van der Waals surface area contributed by atoms with E-state index in [1.54, 1.807) is 48.0 Å². The van der Waals surface area contributed by atoms with Crippen LogP contribution in [0.3, 0.4) is 0 Å². The Hall–Kier alpha value is -3.85. The third-order valence-corrected chi connectivity index (χ3v) is 6.73. The Morgan fingerprint density at radius 1 is 1.15 bits per heavy atom. The van der Waals surface area contributed by atoms with Crippen LogP contribution in [-0.4, -0.2) is 42.1 Å². The van der Waals surface area contributed by atoms with E-state index in [1.165, 1.54) is 30.5 Å². The van der Waals surface area contributed by atoms with Crippen molar-refractivity contribution < 1.29 is 28.9 Å². The van der Waals surface area contributed by atoms with Crippen LogP contribution >= 0.6 is 11.3 Å². The van der Waals surface area contributed by atoms with E-state index in [4.69, 9.17) is 14.2 Å². The number of anilines is 1. The van der Waals surface area contributed by atoms with Crippen LogP contribution in [0.15, 0.2) is 53.5 Å². The topological polar surface area (TPSA) is 98.2 Å². The summed E-state index contributed by atoms with van der Waals surface area (Å²) in [6, 6.07) is 9.51. The van der Waals surface area contributed by atoms with Crippen LogP contribution in [0.2, 0.25) is 0 Å². The maximum Gasteiger partial charge on any atom is 0.301 e. The summed E-state index contributed by atoms with van der Waals surface area (Å²) < 4.78 is 16.5. The SMILES string of the molecule is COc1ccc(C2C(=C(O)c3ccc4c(c3)CC(C)O4)C(=O)C(=O)N2c2nccs2)cc1OC. The molecule has 2 aliphatic rings. The summed E-state index contributed by atoms with van der Waals surface area (Å²) in [6.45, 7) is 1.97. The Labute approximate surface area is 200 Å². The van der Waals surface area contributed by atoms with Crippen LogP contribution in [0.5, 0.6) is 17.2 Å². The van der Waals surface area contributed by atoms with Crippen molar-refractivity contribution in [1.82, 2.24) is 4.98 Å². The summed E-state index contributed by atoms with van der Waals surface area (Å²) in [5.41, 5.74) is 1.94. The summed E-state index contributed by atoms with van der Waals surface area (Å²) in [5.74, 6) is -0.0890. The first-order chi connectivity index (χ1) is 16.4. The lowest BCUT2D eigenvalue weighted by atomic mass is 9.94. The van der Waals surface area contributed by atoms with Crippen molar-refractivity contribution in [2.45, 2.75) is 25.5 Å². The van der Waals surface area contributed by atoms with Gasteiger partial charge in [-0.2, -0.15) is 0 Å². The minimum Gasteiger partial charge on any atom is -0.507 e. The average Bonchev–Trinajstić information content (AvgIpc) is 3.56. The van der Waals surface area contributed by atoms with Gasteiger partial charge in [-0.15, -0.1) is 11.3 Å². The second-order valence-corrected chi connectivity index (χ2v) is 8.93. The second kappa shape index (κ2) is 8.49. The number of thiazole rings is 1. The van der Waals surface area contributed by atoms with Gasteiger partial charge in [0.25, 0.3) is 5.78 Å². The molecule has 34 heavy (non-hydrogen) atoms. The van der Waals surface area contributed by atoms with Gasteiger partial charge >= 0.3 is 5.91 Å². The molecule has 3 aromatic rings. The molecule has 1 aromatic heterocycles. The van der Waals surface area contributed by atoms with E-state index in [9.17, 15) is 14.7 Å². The lowest BCUT2D eigenvalue weighted by Crippen LogP contribution is -2.29. The number of aliphatic hydroxyl groups excluding tert-OH is 1. The lowest BCUT2D eigenvalue weighted by Gasteiger charge is -2.23. The van der Waals surface area contributed by atoms with Crippen molar-refractivity contribution in [3.05, 3.63) is 70.2 Å². The molecule has 2 unspecified atom stereocenters. The van der Waals surface area contributed by atoms with Gasteiger partial charge in [0.2, 0.25) is 0 Å². The zero-order valence-corrected chi connectivity index (χ0v) is 19.6. The van der Waals surface area contributed by atoms with E-state index in [2.05, 4.69) is 4.98 Å².